The maximum absolute atomic E-state index is 11.6. The van der Waals surface area contributed by atoms with E-state index in [-0.39, 0.29) is 5.69 Å². The van der Waals surface area contributed by atoms with Crippen molar-refractivity contribution in [3.05, 3.63) is 39.8 Å². The molecule has 0 radical (unpaired) electrons. The summed E-state index contributed by atoms with van der Waals surface area (Å²) in [6.45, 7) is 3.29. The fourth-order valence-corrected chi connectivity index (χ4v) is 2.75. The van der Waals surface area contributed by atoms with Crippen molar-refractivity contribution < 1.29 is 4.74 Å². The lowest BCUT2D eigenvalue weighted by molar-refractivity contribution is 0.344. The van der Waals surface area contributed by atoms with Gasteiger partial charge in [-0.15, -0.1) is 5.10 Å². The minimum atomic E-state index is -0.155. The van der Waals surface area contributed by atoms with E-state index in [1.54, 1.807) is 10.6 Å². The Labute approximate surface area is 132 Å². The molecule has 1 aromatic heterocycles. The maximum Gasteiger partial charge on any atom is 0.343 e. The first kappa shape index (κ1) is 16.0. The van der Waals surface area contributed by atoms with Crippen molar-refractivity contribution >= 4 is 23.4 Å². The molecule has 21 heavy (non-hydrogen) atoms. The highest BCUT2D eigenvalue weighted by molar-refractivity contribution is 7.99. The molecule has 5 nitrogen and oxygen atoms in total. The Hall–Kier alpha value is -1.40. The molecule has 0 spiro atoms. The Kier molecular flexibility index (Phi) is 6.20. The highest BCUT2D eigenvalue weighted by atomic mass is 35.5. The molecule has 0 atom stereocenters. The van der Waals surface area contributed by atoms with Gasteiger partial charge in [0.05, 0.1) is 11.6 Å². The van der Waals surface area contributed by atoms with Gasteiger partial charge in [-0.3, -0.25) is 4.57 Å². The number of rotatable bonds is 8. The summed E-state index contributed by atoms with van der Waals surface area (Å²) in [4.78, 5) is 11.6. The van der Waals surface area contributed by atoms with Gasteiger partial charge >= 0.3 is 5.69 Å². The number of thioether (sulfide) groups is 1. The minimum absolute atomic E-state index is 0.155. The first-order valence-corrected chi connectivity index (χ1v) is 8.24. The topological polar surface area (TPSA) is 59.9 Å². The lowest BCUT2D eigenvalue weighted by atomic mass is 10.3. The van der Waals surface area contributed by atoms with Gasteiger partial charge in [0.2, 0.25) is 0 Å². The van der Waals surface area contributed by atoms with Gasteiger partial charge in [-0.1, -0.05) is 48.8 Å². The first-order chi connectivity index (χ1) is 10.2. The molecule has 0 amide bonds. The molecule has 1 N–H and O–H groups in total. The number of hydrogen-bond acceptors (Lipinski definition) is 4. The first-order valence-electron chi connectivity index (χ1n) is 6.87. The molecule has 0 bridgehead atoms. The van der Waals surface area contributed by atoms with Crippen LogP contribution in [-0.4, -0.2) is 27.1 Å². The van der Waals surface area contributed by atoms with Gasteiger partial charge in [-0.05, 0) is 18.6 Å². The number of aromatic nitrogens is 3. The predicted molar refractivity (Wildman–Crippen MR) is 85.4 cm³/mol. The smallest absolute Gasteiger partial charge is 0.343 e. The molecular weight excluding hydrogens is 310 g/mol. The number of unbranched alkanes of at least 4 members (excludes halogenated alkanes) is 1. The van der Waals surface area contributed by atoms with Crippen molar-refractivity contribution in [2.45, 2.75) is 31.5 Å². The van der Waals surface area contributed by atoms with Crippen LogP contribution in [0.25, 0.3) is 0 Å². The average Bonchev–Trinajstić information content (AvgIpc) is 2.83. The molecule has 2 rings (SSSR count). The second-order valence-corrected chi connectivity index (χ2v) is 5.91. The van der Waals surface area contributed by atoms with Gasteiger partial charge in [0.1, 0.15) is 5.75 Å². The third-order valence-electron chi connectivity index (χ3n) is 2.87. The van der Waals surface area contributed by atoms with Crippen LogP contribution in [0.3, 0.4) is 0 Å². The average molecular weight is 328 g/mol. The Morgan fingerprint density at radius 1 is 1.43 bits per heavy atom. The summed E-state index contributed by atoms with van der Waals surface area (Å²) in [6, 6.07) is 7.36. The molecule has 1 heterocycles. The Morgan fingerprint density at radius 2 is 2.24 bits per heavy atom. The molecule has 0 fully saturated rings. The minimum Gasteiger partial charge on any atom is -0.491 e. The monoisotopic (exact) mass is 327 g/mol. The van der Waals surface area contributed by atoms with E-state index in [4.69, 9.17) is 16.3 Å². The number of halogens is 1. The molecule has 0 unspecified atom stereocenters. The normalized spacial score (nSPS) is 10.8. The molecular formula is C14H18ClN3O2S. The second kappa shape index (κ2) is 8.14. The van der Waals surface area contributed by atoms with Crippen LogP contribution < -0.4 is 10.4 Å². The molecule has 0 saturated carbocycles. The predicted octanol–water partition coefficient (Wildman–Crippen LogP) is 3.20. The van der Waals surface area contributed by atoms with Gasteiger partial charge in [-0.2, -0.15) is 0 Å². The van der Waals surface area contributed by atoms with E-state index in [9.17, 15) is 4.79 Å². The van der Waals surface area contributed by atoms with Crippen molar-refractivity contribution in [2.75, 3.05) is 12.4 Å². The Bertz CT molecular complexity index is 627. The van der Waals surface area contributed by atoms with Crippen LogP contribution in [0, 0.1) is 0 Å². The molecule has 0 aliphatic carbocycles. The van der Waals surface area contributed by atoms with Crippen LogP contribution in [-0.2, 0) is 6.54 Å². The molecule has 7 heteroatoms. The number of nitrogens with zero attached hydrogens (tertiary/aromatic N) is 2. The zero-order valence-corrected chi connectivity index (χ0v) is 13.4. The maximum atomic E-state index is 11.6. The SMILES string of the molecule is CCCCn1c(SCCOc2ccccc2Cl)n[nH]c1=O. The number of nitrogens with one attached hydrogen (secondary N) is 1. The number of hydrogen-bond donors (Lipinski definition) is 1. The van der Waals surface area contributed by atoms with Gasteiger partial charge in [0.25, 0.3) is 0 Å². The van der Waals surface area contributed by atoms with Gasteiger partial charge in [0, 0.05) is 12.3 Å². The van der Waals surface area contributed by atoms with Crippen LogP contribution in [0.5, 0.6) is 5.75 Å². The van der Waals surface area contributed by atoms with E-state index < -0.39 is 0 Å². The largest absolute Gasteiger partial charge is 0.491 e. The number of benzene rings is 1. The number of H-pyrrole nitrogens is 1. The van der Waals surface area contributed by atoms with E-state index in [1.807, 2.05) is 18.2 Å². The standard InChI is InChI=1S/C14H18ClN3O2S/c1-2-3-8-18-13(19)16-17-14(18)21-10-9-20-12-7-5-4-6-11(12)15/h4-7H,2-3,8-10H2,1H3,(H,16,19). The van der Waals surface area contributed by atoms with Crippen molar-refractivity contribution in [1.82, 2.24) is 14.8 Å². The van der Waals surface area contributed by atoms with Crippen LogP contribution in [0.15, 0.2) is 34.2 Å². The summed E-state index contributed by atoms with van der Waals surface area (Å²) in [5.41, 5.74) is -0.155. The fourth-order valence-electron chi connectivity index (χ4n) is 1.77. The van der Waals surface area contributed by atoms with Crippen molar-refractivity contribution in [2.24, 2.45) is 0 Å². The molecule has 1 aromatic carbocycles. The molecule has 0 aliphatic rings. The third kappa shape index (κ3) is 4.54. The molecule has 0 aliphatic heterocycles. The quantitative estimate of drug-likeness (QED) is 0.597. The van der Waals surface area contributed by atoms with Crippen LogP contribution >= 0.6 is 23.4 Å². The van der Waals surface area contributed by atoms with Crippen molar-refractivity contribution in [3.63, 3.8) is 0 Å². The number of aromatic amines is 1. The van der Waals surface area contributed by atoms with Crippen molar-refractivity contribution in [3.8, 4) is 5.75 Å². The van der Waals surface area contributed by atoms with E-state index in [0.29, 0.717) is 34.8 Å². The highest BCUT2D eigenvalue weighted by Gasteiger charge is 2.08. The fraction of sp³-hybridized carbons (Fsp3) is 0.429. The summed E-state index contributed by atoms with van der Waals surface area (Å²) in [5, 5.41) is 7.83. The van der Waals surface area contributed by atoms with Crippen LogP contribution in [0.2, 0.25) is 5.02 Å². The highest BCUT2D eigenvalue weighted by Crippen LogP contribution is 2.23. The van der Waals surface area contributed by atoms with Gasteiger partial charge < -0.3 is 4.74 Å². The lowest BCUT2D eigenvalue weighted by Gasteiger charge is -2.07. The summed E-state index contributed by atoms with van der Waals surface area (Å²) in [5.74, 6) is 1.37. The Morgan fingerprint density at radius 3 is 3.00 bits per heavy atom. The lowest BCUT2D eigenvalue weighted by Crippen LogP contribution is -2.17. The zero-order valence-electron chi connectivity index (χ0n) is 11.8. The van der Waals surface area contributed by atoms with Crippen molar-refractivity contribution in [1.29, 1.82) is 0 Å². The van der Waals surface area contributed by atoms with E-state index in [1.165, 1.54) is 11.8 Å². The summed E-state index contributed by atoms with van der Waals surface area (Å²) >= 11 is 7.51. The number of para-hydroxylation sites is 1. The third-order valence-corrected chi connectivity index (χ3v) is 4.12. The van der Waals surface area contributed by atoms with Gasteiger partial charge in [0.15, 0.2) is 5.16 Å². The van der Waals surface area contributed by atoms with E-state index >= 15 is 0 Å². The van der Waals surface area contributed by atoms with E-state index in [0.717, 1.165) is 12.8 Å². The second-order valence-electron chi connectivity index (χ2n) is 4.44. The molecule has 2 aromatic rings. The summed E-state index contributed by atoms with van der Waals surface area (Å²) < 4.78 is 7.28. The van der Waals surface area contributed by atoms with Gasteiger partial charge in [-0.25, -0.2) is 9.89 Å². The zero-order chi connectivity index (χ0) is 15.1. The summed E-state index contributed by atoms with van der Waals surface area (Å²) in [7, 11) is 0. The Balaban J connectivity index is 1.84. The summed E-state index contributed by atoms with van der Waals surface area (Å²) in [6.07, 6.45) is 2.00. The molecule has 0 saturated heterocycles. The van der Waals surface area contributed by atoms with Crippen LogP contribution in [0.1, 0.15) is 19.8 Å². The van der Waals surface area contributed by atoms with E-state index in [2.05, 4.69) is 17.1 Å². The molecule has 114 valence electrons. The number of ether oxygens (including phenoxy) is 1. The van der Waals surface area contributed by atoms with Crippen LogP contribution in [0.4, 0.5) is 0 Å².